The summed E-state index contributed by atoms with van der Waals surface area (Å²) in [4.78, 5) is 0. The molecule has 1 rings (SSSR count). The molecular formula is C12H19NO2. The van der Waals surface area contributed by atoms with Gasteiger partial charge in [0.2, 0.25) is 0 Å². The van der Waals surface area contributed by atoms with Gasteiger partial charge in [0, 0.05) is 6.54 Å². The van der Waals surface area contributed by atoms with Gasteiger partial charge in [-0.2, -0.15) is 0 Å². The highest BCUT2D eigenvalue weighted by atomic mass is 16.5. The lowest BCUT2D eigenvalue weighted by Gasteiger charge is -2.15. The van der Waals surface area contributed by atoms with Gasteiger partial charge >= 0.3 is 0 Å². The van der Waals surface area contributed by atoms with Crippen LogP contribution in [0.4, 0.5) is 0 Å². The van der Waals surface area contributed by atoms with Crippen LogP contribution in [0.5, 0.6) is 5.75 Å². The summed E-state index contributed by atoms with van der Waals surface area (Å²) in [6.45, 7) is 6.54. The van der Waals surface area contributed by atoms with E-state index >= 15 is 0 Å². The Morgan fingerprint density at radius 2 is 1.87 bits per heavy atom. The molecule has 0 spiro atoms. The van der Waals surface area contributed by atoms with Crippen LogP contribution in [-0.2, 0) is 0 Å². The zero-order valence-corrected chi connectivity index (χ0v) is 9.58. The van der Waals surface area contributed by atoms with E-state index in [0.29, 0.717) is 0 Å². The van der Waals surface area contributed by atoms with Crippen molar-refractivity contribution < 1.29 is 9.84 Å². The third kappa shape index (κ3) is 2.94. The first kappa shape index (κ1) is 12.0. The van der Waals surface area contributed by atoms with Crippen LogP contribution in [0.3, 0.4) is 0 Å². The number of benzene rings is 1. The second-order valence-electron chi connectivity index (χ2n) is 3.85. The second-order valence-corrected chi connectivity index (χ2v) is 3.85. The van der Waals surface area contributed by atoms with E-state index in [-0.39, 0.29) is 13.2 Å². The first-order chi connectivity index (χ1) is 7.06. The van der Waals surface area contributed by atoms with E-state index < -0.39 is 6.10 Å². The molecule has 0 aliphatic carbocycles. The monoisotopic (exact) mass is 209 g/mol. The Morgan fingerprint density at radius 1 is 1.27 bits per heavy atom. The summed E-state index contributed by atoms with van der Waals surface area (Å²) >= 11 is 0. The predicted octanol–water partition coefficient (Wildman–Crippen LogP) is 1.31. The van der Waals surface area contributed by atoms with Crippen LogP contribution >= 0.6 is 0 Å². The molecule has 15 heavy (non-hydrogen) atoms. The molecule has 1 atom stereocenters. The Kier molecular flexibility index (Phi) is 4.12. The van der Waals surface area contributed by atoms with Crippen molar-refractivity contribution in [3.63, 3.8) is 0 Å². The molecule has 3 N–H and O–H groups in total. The van der Waals surface area contributed by atoms with Gasteiger partial charge in [-0.15, -0.1) is 0 Å². The standard InChI is InChI=1S/C12H19NO2/c1-8-4-5-9(2)12(10(8)3)15-7-11(14)6-13/h4-5,11,14H,6-7,13H2,1-3H3/t11-/m1/s1. The van der Waals surface area contributed by atoms with Gasteiger partial charge in [0.05, 0.1) is 0 Å². The number of ether oxygens (including phenoxy) is 1. The summed E-state index contributed by atoms with van der Waals surface area (Å²) in [6.07, 6.45) is -0.593. The second kappa shape index (κ2) is 5.14. The average molecular weight is 209 g/mol. The summed E-state index contributed by atoms with van der Waals surface area (Å²) in [6, 6.07) is 4.09. The van der Waals surface area contributed by atoms with Crippen LogP contribution in [0.2, 0.25) is 0 Å². The molecule has 0 aromatic heterocycles. The number of nitrogens with two attached hydrogens (primary N) is 1. The normalized spacial score (nSPS) is 12.6. The molecular weight excluding hydrogens is 190 g/mol. The van der Waals surface area contributed by atoms with Crippen molar-refractivity contribution in [2.45, 2.75) is 26.9 Å². The smallest absolute Gasteiger partial charge is 0.125 e. The van der Waals surface area contributed by atoms with Crippen molar-refractivity contribution in [3.05, 3.63) is 28.8 Å². The summed E-state index contributed by atoms with van der Waals surface area (Å²) in [7, 11) is 0. The van der Waals surface area contributed by atoms with Crippen molar-refractivity contribution in [1.29, 1.82) is 0 Å². The number of aliphatic hydroxyl groups is 1. The van der Waals surface area contributed by atoms with E-state index in [1.807, 2.05) is 26.8 Å². The lowest BCUT2D eigenvalue weighted by atomic mass is 10.1. The Labute approximate surface area is 90.9 Å². The third-order valence-corrected chi connectivity index (χ3v) is 2.57. The fourth-order valence-corrected chi connectivity index (χ4v) is 1.40. The molecule has 1 aromatic rings. The average Bonchev–Trinajstić information content (AvgIpc) is 2.23. The molecule has 0 saturated heterocycles. The van der Waals surface area contributed by atoms with E-state index in [1.165, 1.54) is 5.56 Å². The summed E-state index contributed by atoms with van der Waals surface area (Å²) in [5.41, 5.74) is 8.71. The highest BCUT2D eigenvalue weighted by molar-refractivity contribution is 5.44. The number of hydrogen-bond donors (Lipinski definition) is 2. The Hall–Kier alpha value is -1.06. The van der Waals surface area contributed by atoms with E-state index in [9.17, 15) is 5.11 Å². The fourth-order valence-electron chi connectivity index (χ4n) is 1.40. The van der Waals surface area contributed by atoms with Crippen molar-refractivity contribution >= 4 is 0 Å². The van der Waals surface area contributed by atoms with Gasteiger partial charge in [-0.25, -0.2) is 0 Å². The maximum Gasteiger partial charge on any atom is 0.125 e. The van der Waals surface area contributed by atoms with Crippen LogP contribution in [0.15, 0.2) is 12.1 Å². The zero-order valence-electron chi connectivity index (χ0n) is 9.58. The molecule has 0 aliphatic rings. The predicted molar refractivity (Wildman–Crippen MR) is 61.2 cm³/mol. The van der Waals surface area contributed by atoms with Crippen molar-refractivity contribution in [2.24, 2.45) is 5.73 Å². The molecule has 84 valence electrons. The lowest BCUT2D eigenvalue weighted by molar-refractivity contribution is 0.113. The Morgan fingerprint density at radius 3 is 2.47 bits per heavy atom. The molecule has 3 nitrogen and oxygen atoms in total. The molecule has 1 aromatic carbocycles. The van der Waals surface area contributed by atoms with E-state index in [4.69, 9.17) is 10.5 Å². The lowest BCUT2D eigenvalue weighted by Crippen LogP contribution is -2.26. The summed E-state index contributed by atoms with van der Waals surface area (Å²) in [5, 5.41) is 9.32. The van der Waals surface area contributed by atoms with Crippen molar-refractivity contribution in [3.8, 4) is 5.75 Å². The van der Waals surface area contributed by atoms with Gasteiger partial charge in [0.1, 0.15) is 18.5 Å². The van der Waals surface area contributed by atoms with Crippen LogP contribution in [-0.4, -0.2) is 24.4 Å². The molecule has 3 heteroatoms. The highest BCUT2D eigenvalue weighted by Gasteiger charge is 2.08. The third-order valence-electron chi connectivity index (χ3n) is 2.57. The number of aryl methyl sites for hydroxylation is 2. The van der Waals surface area contributed by atoms with Gasteiger partial charge in [-0.3, -0.25) is 0 Å². The molecule has 0 heterocycles. The van der Waals surface area contributed by atoms with Gasteiger partial charge in [0.15, 0.2) is 0 Å². The molecule has 0 aliphatic heterocycles. The SMILES string of the molecule is Cc1ccc(C)c(OC[C@H](O)CN)c1C. The fraction of sp³-hybridized carbons (Fsp3) is 0.500. The number of hydrogen-bond acceptors (Lipinski definition) is 3. The maximum absolute atomic E-state index is 9.32. The molecule has 0 saturated carbocycles. The largest absolute Gasteiger partial charge is 0.490 e. The molecule has 0 amide bonds. The van der Waals surface area contributed by atoms with E-state index in [2.05, 4.69) is 6.07 Å². The number of aliphatic hydroxyl groups excluding tert-OH is 1. The highest BCUT2D eigenvalue weighted by Crippen LogP contribution is 2.25. The Bertz CT molecular complexity index is 337. The summed E-state index contributed by atoms with van der Waals surface area (Å²) < 4.78 is 5.57. The van der Waals surface area contributed by atoms with E-state index in [1.54, 1.807) is 0 Å². The first-order valence-corrected chi connectivity index (χ1v) is 5.14. The van der Waals surface area contributed by atoms with Gasteiger partial charge in [-0.1, -0.05) is 12.1 Å². The minimum atomic E-state index is -0.593. The van der Waals surface area contributed by atoms with Crippen LogP contribution in [0.1, 0.15) is 16.7 Å². The van der Waals surface area contributed by atoms with Crippen LogP contribution < -0.4 is 10.5 Å². The molecule has 0 radical (unpaired) electrons. The van der Waals surface area contributed by atoms with Crippen molar-refractivity contribution in [1.82, 2.24) is 0 Å². The minimum absolute atomic E-state index is 0.226. The first-order valence-electron chi connectivity index (χ1n) is 5.14. The number of rotatable bonds is 4. The van der Waals surface area contributed by atoms with Gasteiger partial charge in [-0.05, 0) is 37.5 Å². The maximum atomic E-state index is 9.32. The molecule has 0 unspecified atom stereocenters. The topological polar surface area (TPSA) is 55.5 Å². The molecule has 0 bridgehead atoms. The molecule has 0 fully saturated rings. The quantitative estimate of drug-likeness (QED) is 0.786. The minimum Gasteiger partial charge on any atom is -0.490 e. The summed E-state index contributed by atoms with van der Waals surface area (Å²) in [5.74, 6) is 0.863. The van der Waals surface area contributed by atoms with Crippen LogP contribution in [0, 0.1) is 20.8 Å². The van der Waals surface area contributed by atoms with Gasteiger partial charge < -0.3 is 15.6 Å². The zero-order chi connectivity index (χ0) is 11.4. The van der Waals surface area contributed by atoms with Crippen LogP contribution in [0.25, 0.3) is 0 Å². The van der Waals surface area contributed by atoms with E-state index in [0.717, 1.165) is 16.9 Å². The van der Waals surface area contributed by atoms with Gasteiger partial charge in [0.25, 0.3) is 0 Å². The Balaban J connectivity index is 2.80. The van der Waals surface area contributed by atoms with Crippen molar-refractivity contribution in [2.75, 3.05) is 13.2 Å².